The number of rotatable bonds is 3. The van der Waals surface area contributed by atoms with Gasteiger partial charge >= 0.3 is 0 Å². The molecule has 0 bridgehead atoms. The fourth-order valence-electron chi connectivity index (χ4n) is 2.07. The summed E-state index contributed by atoms with van der Waals surface area (Å²) < 4.78 is 13.8. The van der Waals surface area contributed by atoms with Gasteiger partial charge in [0.05, 0.1) is 10.6 Å². The number of halogens is 2. The molecular formula is C15H15BrFNO. The average molecular weight is 324 g/mol. The van der Waals surface area contributed by atoms with Gasteiger partial charge in [-0.2, -0.15) is 0 Å². The first kappa shape index (κ1) is 14.2. The fourth-order valence-corrected chi connectivity index (χ4v) is 2.50. The molecule has 0 aliphatic carbocycles. The molecular weight excluding hydrogens is 309 g/mol. The number of pyridine rings is 1. The fraction of sp³-hybridized carbons (Fsp3) is 0.267. The Balaban J connectivity index is 2.25. The Morgan fingerprint density at radius 3 is 2.68 bits per heavy atom. The molecule has 1 atom stereocenters. The molecule has 0 saturated heterocycles. The van der Waals surface area contributed by atoms with Crippen molar-refractivity contribution in [2.45, 2.75) is 26.4 Å². The molecule has 0 radical (unpaired) electrons. The monoisotopic (exact) mass is 323 g/mol. The van der Waals surface area contributed by atoms with Crippen LogP contribution in [0.1, 0.15) is 28.6 Å². The van der Waals surface area contributed by atoms with Gasteiger partial charge in [-0.25, -0.2) is 4.39 Å². The number of aliphatic hydroxyl groups is 1. The van der Waals surface area contributed by atoms with Crippen LogP contribution in [0.2, 0.25) is 0 Å². The van der Waals surface area contributed by atoms with Crippen molar-refractivity contribution in [2.24, 2.45) is 0 Å². The maximum absolute atomic E-state index is 13.4. The first-order chi connectivity index (χ1) is 8.99. The molecule has 2 rings (SSSR count). The zero-order valence-corrected chi connectivity index (χ0v) is 12.4. The van der Waals surface area contributed by atoms with E-state index in [0.717, 1.165) is 22.5 Å². The standard InChI is InChI=1S/C15H15BrFNO/c1-9-6-7-12(10(2)18-9)14(19)8-11-4-3-5-13(17)15(11)16/h3-7,14,19H,8H2,1-2H3. The van der Waals surface area contributed by atoms with Crippen LogP contribution in [0.5, 0.6) is 0 Å². The van der Waals surface area contributed by atoms with Crippen LogP contribution in [-0.2, 0) is 6.42 Å². The van der Waals surface area contributed by atoms with Crippen molar-refractivity contribution in [3.05, 3.63) is 63.1 Å². The van der Waals surface area contributed by atoms with Crippen molar-refractivity contribution in [1.29, 1.82) is 0 Å². The van der Waals surface area contributed by atoms with E-state index in [1.165, 1.54) is 6.07 Å². The highest BCUT2D eigenvalue weighted by molar-refractivity contribution is 9.10. The molecule has 1 aromatic heterocycles. The van der Waals surface area contributed by atoms with Gasteiger partial charge in [0.15, 0.2) is 0 Å². The van der Waals surface area contributed by atoms with Crippen molar-refractivity contribution in [1.82, 2.24) is 4.98 Å². The zero-order chi connectivity index (χ0) is 14.0. The second kappa shape index (κ2) is 5.80. The predicted octanol–water partition coefficient (Wildman–Crippen LogP) is 3.88. The number of aryl methyl sites for hydroxylation is 2. The van der Waals surface area contributed by atoms with Crippen molar-refractivity contribution in [3.8, 4) is 0 Å². The number of benzene rings is 1. The van der Waals surface area contributed by atoms with Crippen molar-refractivity contribution < 1.29 is 9.50 Å². The van der Waals surface area contributed by atoms with E-state index in [2.05, 4.69) is 20.9 Å². The van der Waals surface area contributed by atoms with Crippen LogP contribution in [0.15, 0.2) is 34.8 Å². The summed E-state index contributed by atoms with van der Waals surface area (Å²) >= 11 is 3.21. The minimum atomic E-state index is -0.689. The second-order valence-electron chi connectivity index (χ2n) is 4.56. The number of hydrogen-bond acceptors (Lipinski definition) is 2. The summed E-state index contributed by atoms with van der Waals surface area (Å²) in [4.78, 5) is 4.33. The van der Waals surface area contributed by atoms with E-state index in [4.69, 9.17) is 0 Å². The van der Waals surface area contributed by atoms with Crippen molar-refractivity contribution >= 4 is 15.9 Å². The van der Waals surface area contributed by atoms with Crippen molar-refractivity contribution in [3.63, 3.8) is 0 Å². The number of aromatic nitrogens is 1. The highest BCUT2D eigenvalue weighted by Gasteiger charge is 2.15. The normalized spacial score (nSPS) is 12.5. The van der Waals surface area contributed by atoms with Gasteiger partial charge in [0.25, 0.3) is 0 Å². The van der Waals surface area contributed by atoms with Crippen LogP contribution in [0.3, 0.4) is 0 Å². The first-order valence-electron chi connectivity index (χ1n) is 6.04. The SMILES string of the molecule is Cc1ccc(C(O)Cc2cccc(F)c2Br)c(C)n1. The minimum absolute atomic E-state index is 0.316. The molecule has 1 aromatic carbocycles. The highest BCUT2D eigenvalue weighted by Crippen LogP contribution is 2.27. The van der Waals surface area contributed by atoms with Crippen LogP contribution in [0.4, 0.5) is 4.39 Å². The third-order valence-corrected chi connectivity index (χ3v) is 3.96. The van der Waals surface area contributed by atoms with Crippen LogP contribution < -0.4 is 0 Å². The van der Waals surface area contributed by atoms with Gasteiger partial charge in [-0.3, -0.25) is 4.98 Å². The lowest BCUT2D eigenvalue weighted by Gasteiger charge is -2.14. The maximum atomic E-state index is 13.4. The van der Waals surface area contributed by atoms with Gasteiger partial charge in [-0.05, 0) is 47.5 Å². The summed E-state index contributed by atoms with van der Waals surface area (Å²) in [6.45, 7) is 3.78. The summed E-state index contributed by atoms with van der Waals surface area (Å²) in [5, 5.41) is 10.3. The summed E-state index contributed by atoms with van der Waals surface area (Å²) in [6.07, 6.45) is -0.338. The van der Waals surface area contributed by atoms with E-state index in [9.17, 15) is 9.50 Å². The number of nitrogens with zero attached hydrogens (tertiary/aromatic N) is 1. The molecule has 2 aromatic rings. The molecule has 0 amide bonds. The Morgan fingerprint density at radius 1 is 1.26 bits per heavy atom. The summed E-state index contributed by atoms with van der Waals surface area (Å²) in [5.74, 6) is -0.316. The van der Waals surface area contributed by atoms with Gasteiger partial charge in [0, 0.05) is 23.4 Å². The number of aliphatic hydroxyl groups excluding tert-OH is 1. The highest BCUT2D eigenvalue weighted by atomic mass is 79.9. The lowest BCUT2D eigenvalue weighted by molar-refractivity contribution is 0.177. The van der Waals surface area contributed by atoms with E-state index in [1.54, 1.807) is 12.1 Å². The van der Waals surface area contributed by atoms with Gasteiger partial charge in [0.2, 0.25) is 0 Å². The van der Waals surface area contributed by atoms with Gasteiger partial charge in [-0.15, -0.1) is 0 Å². The Kier molecular flexibility index (Phi) is 4.32. The summed E-state index contributed by atoms with van der Waals surface area (Å²) in [7, 11) is 0. The van der Waals surface area contributed by atoms with Crippen molar-refractivity contribution in [2.75, 3.05) is 0 Å². The topological polar surface area (TPSA) is 33.1 Å². The molecule has 0 fully saturated rings. The molecule has 19 heavy (non-hydrogen) atoms. The lowest BCUT2D eigenvalue weighted by atomic mass is 10.00. The van der Waals surface area contributed by atoms with E-state index < -0.39 is 6.10 Å². The largest absolute Gasteiger partial charge is 0.388 e. The molecule has 4 heteroatoms. The average Bonchev–Trinajstić information content (AvgIpc) is 2.34. The first-order valence-corrected chi connectivity index (χ1v) is 6.83. The smallest absolute Gasteiger partial charge is 0.137 e. The number of hydrogen-bond donors (Lipinski definition) is 1. The van der Waals surface area contributed by atoms with E-state index in [1.807, 2.05) is 26.0 Å². The van der Waals surface area contributed by atoms with Crippen LogP contribution in [0, 0.1) is 19.7 Å². The molecule has 0 aliphatic rings. The van der Waals surface area contributed by atoms with Gasteiger partial charge < -0.3 is 5.11 Å². The lowest BCUT2D eigenvalue weighted by Crippen LogP contribution is -2.06. The van der Waals surface area contributed by atoms with Gasteiger partial charge in [0.1, 0.15) is 5.82 Å². The van der Waals surface area contributed by atoms with Gasteiger partial charge in [-0.1, -0.05) is 18.2 Å². The Hall–Kier alpha value is -1.26. The summed E-state index contributed by atoms with van der Waals surface area (Å²) in [6, 6.07) is 8.57. The quantitative estimate of drug-likeness (QED) is 0.929. The molecule has 0 aliphatic heterocycles. The molecule has 100 valence electrons. The third-order valence-electron chi connectivity index (χ3n) is 3.07. The molecule has 1 N–H and O–H groups in total. The predicted molar refractivity (Wildman–Crippen MR) is 76.5 cm³/mol. The minimum Gasteiger partial charge on any atom is -0.388 e. The van der Waals surface area contributed by atoms with Crippen LogP contribution >= 0.6 is 15.9 Å². The molecule has 0 spiro atoms. The van der Waals surface area contributed by atoms with E-state index in [-0.39, 0.29) is 5.82 Å². The van der Waals surface area contributed by atoms with Crippen LogP contribution in [-0.4, -0.2) is 10.1 Å². The van der Waals surface area contributed by atoms with E-state index >= 15 is 0 Å². The van der Waals surface area contributed by atoms with Crippen LogP contribution in [0.25, 0.3) is 0 Å². The van der Waals surface area contributed by atoms with E-state index in [0.29, 0.717) is 10.9 Å². The molecule has 2 nitrogen and oxygen atoms in total. The Morgan fingerprint density at radius 2 is 2.00 bits per heavy atom. The third kappa shape index (κ3) is 3.19. The Bertz CT molecular complexity index is 601. The summed E-state index contributed by atoms with van der Waals surface area (Å²) in [5.41, 5.74) is 3.25. The molecule has 1 unspecified atom stereocenters. The zero-order valence-electron chi connectivity index (χ0n) is 10.8. The molecule has 0 saturated carbocycles. The Labute approximate surface area is 120 Å². The maximum Gasteiger partial charge on any atom is 0.137 e. The second-order valence-corrected chi connectivity index (χ2v) is 5.35. The molecule has 1 heterocycles.